The van der Waals surface area contributed by atoms with E-state index in [0.29, 0.717) is 12.8 Å². The minimum atomic E-state index is -5.67. The molecule has 11 heteroatoms. The molecule has 0 saturated carbocycles. The number of rotatable bonds is 8. The molecule has 0 saturated heterocycles. The number of hydrogen-bond acceptors (Lipinski definition) is 3. The van der Waals surface area contributed by atoms with Gasteiger partial charge in [0.15, 0.2) is 23.3 Å². The second-order valence-corrected chi connectivity index (χ2v) is 5.94. The van der Waals surface area contributed by atoms with E-state index in [1.54, 1.807) is 0 Å². The van der Waals surface area contributed by atoms with Crippen molar-refractivity contribution in [2.75, 3.05) is 5.32 Å². The van der Waals surface area contributed by atoms with Crippen LogP contribution in [0.3, 0.4) is 0 Å². The van der Waals surface area contributed by atoms with E-state index in [4.69, 9.17) is 4.84 Å². The molecule has 0 atom stereocenters. The van der Waals surface area contributed by atoms with Gasteiger partial charge in [-0.05, 0) is 19.8 Å². The van der Waals surface area contributed by atoms with Gasteiger partial charge >= 0.3 is 6.18 Å². The van der Waals surface area contributed by atoms with Crippen molar-refractivity contribution in [3.05, 3.63) is 28.8 Å². The summed E-state index contributed by atoms with van der Waals surface area (Å²) in [6.45, 7) is 4.89. The van der Waals surface area contributed by atoms with Crippen LogP contribution in [0, 0.1) is 23.3 Å². The van der Waals surface area contributed by atoms with Gasteiger partial charge in [0.05, 0.1) is 0 Å². The van der Waals surface area contributed by atoms with Crippen molar-refractivity contribution in [2.45, 2.75) is 58.7 Å². The Morgan fingerprint density at radius 2 is 1.46 bits per heavy atom. The van der Waals surface area contributed by atoms with E-state index in [2.05, 4.69) is 5.16 Å². The molecular weight excluding hydrogens is 397 g/mol. The Labute approximate surface area is 156 Å². The molecule has 0 aliphatic rings. The summed E-state index contributed by atoms with van der Waals surface area (Å²) in [6.07, 6.45) is -3.18. The highest BCUT2D eigenvalue weighted by Crippen LogP contribution is 2.38. The third-order valence-electron chi connectivity index (χ3n) is 3.67. The molecule has 0 fully saturated rings. The van der Waals surface area contributed by atoms with Gasteiger partial charge in [-0.25, -0.2) is 17.6 Å². The molecule has 0 aliphatic heterocycles. The van der Waals surface area contributed by atoms with Crippen LogP contribution in [0.2, 0.25) is 0 Å². The molecule has 1 amide bonds. The monoisotopic (exact) mass is 416 g/mol. The van der Waals surface area contributed by atoms with Crippen LogP contribution < -0.4 is 5.32 Å². The molecule has 28 heavy (non-hydrogen) atoms. The largest absolute Gasteiger partial charge is 0.422 e. The number of carbonyl (C=O) groups excluding carboxylic acids is 1. The minimum Gasteiger partial charge on any atom is -0.392 e. The topological polar surface area (TPSA) is 50.7 Å². The van der Waals surface area contributed by atoms with E-state index >= 15 is 0 Å². The summed E-state index contributed by atoms with van der Waals surface area (Å²) in [6, 6.07) is 0. The number of nitrogens with one attached hydrogen (secondary N) is 1. The SMILES string of the molecule is CCCC(CCC)O/N=C(\C)C(=O)Nc1c(F)c(F)c(C(F)(F)F)c(F)c1F. The fourth-order valence-electron chi connectivity index (χ4n) is 2.28. The maximum absolute atomic E-state index is 13.8. The number of benzene rings is 1. The van der Waals surface area contributed by atoms with E-state index in [1.807, 2.05) is 13.8 Å². The zero-order valence-electron chi connectivity index (χ0n) is 15.3. The first-order valence-electron chi connectivity index (χ1n) is 8.40. The van der Waals surface area contributed by atoms with Gasteiger partial charge in [0.1, 0.15) is 23.1 Å². The molecule has 0 aliphatic carbocycles. The highest BCUT2D eigenvalue weighted by atomic mass is 19.4. The van der Waals surface area contributed by atoms with Crippen LogP contribution in [0.15, 0.2) is 5.16 Å². The van der Waals surface area contributed by atoms with Gasteiger partial charge in [0.2, 0.25) is 0 Å². The number of anilines is 1. The van der Waals surface area contributed by atoms with E-state index in [-0.39, 0.29) is 6.10 Å². The average Bonchev–Trinajstić information content (AvgIpc) is 2.60. The molecule has 0 heterocycles. The zero-order valence-corrected chi connectivity index (χ0v) is 15.3. The lowest BCUT2D eigenvalue weighted by molar-refractivity contribution is -0.143. The molecule has 0 unspecified atom stereocenters. The average molecular weight is 416 g/mol. The number of amides is 1. The lowest BCUT2D eigenvalue weighted by atomic mass is 10.1. The predicted octanol–water partition coefficient (Wildman–Crippen LogP) is 5.56. The lowest BCUT2D eigenvalue weighted by Crippen LogP contribution is -2.25. The molecule has 1 aromatic rings. The van der Waals surface area contributed by atoms with Crippen LogP contribution in [-0.2, 0) is 15.8 Å². The Morgan fingerprint density at radius 3 is 1.86 bits per heavy atom. The Morgan fingerprint density at radius 1 is 1.00 bits per heavy atom. The highest BCUT2D eigenvalue weighted by molar-refractivity contribution is 6.42. The molecule has 1 aromatic carbocycles. The molecule has 0 spiro atoms. The first-order chi connectivity index (χ1) is 12.9. The summed E-state index contributed by atoms with van der Waals surface area (Å²) >= 11 is 0. The smallest absolute Gasteiger partial charge is 0.392 e. The normalized spacial score (nSPS) is 12.5. The van der Waals surface area contributed by atoms with Gasteiger partial charge in [-0.15, -0.1) is 0 Å². The summed E-state index contributed by atoms with van der Waals surface area (Å²) in [5.41, 5.74) is -4.87. The molecule has 0 radical (unpaired) electrons. The molecule has 1 N–H and O–H groups in total. The Hall–Kier alpha value is -2.33. The van der Waals surface area contributed by atoms with Crippen molar-refractivity contribution in [1.82, 2.24) is 0 Å². The maximum atomic E-state index is 13.8. The summed E-state index contributed by atoms with van der Waals surface area (Å²) in [5, 5.41) is 4.99. The van der Waals surface area contributed by atoms with Crippen molar-refractivity contribution >= 4 is 17.3 Å². The van der Waals surface area contributed by atoms with Crippen LogP contribution in [0.25, 0.3) is 0 Å². The predicted molar refractivity (Wildman–Crippen MR) is 87.7 cm³/mol. The Balaban J connectivity index is 3.11. The van der Waals surface area contributed by atoms with Gasteiger partial charge in [0, 0.05) is 0 Å². The maximum Gasteiger partial charge on any atom is 0.422 e. The number of alkyl halides is 3. The van der Waals surface area contributed by atoms with Crippen molar-refractivity contribution in [2.24, 2.45) is 5.16 Å². The highest BCUT2D eigenvalue weighted by Gasteiger charge is 2.42. The number of carbonyl (C=O) groups is 1. The van der Waals surface area contributed by atoms with Crippen LogP contribution in [0.5, 0.6) is 0 Å². The Bertz CT molecular complexity index is 713. The summed E-state index contributed by atoms with van der Waals surface area (Å²) in [4.78, 5) is 17.1. The fraction of sp³-hybridized carbons (Fsp3) is 0.529. The Kier molecular flexibility index (Phi) is 8.25. The zero-order chi connectivity index (χ0) is 21.6. The van der Waals surface area contributed by atoms with Crippen molar-refractivity contribution in [3.8, 4) is 0 Å². The van der Waals surface area contributed by atoms with Crippen LogP contribution in [0.4, 0.5) is 36.4 Å². The standard InChI is InChI=1S/C17H19F7N2O2/c1-4-6-9(7-5-2)28-26-8(3)16(27)25-15-13(20)11(18)10(17(22,23)24)12(19)14(15)21/h9H,4-7H2,1-3H3,(H,25,27)/b26-8+. The van der Waals surface area contributed by atoms with E-state index in [9.17, 15) is 35.5 Å². The lowest BCUT2D eigenvalue weighted by Gasteiger charge is -2.15. The van der Waals surface area contributed by atoms with E-state index in [1.165, 1.54) is 5.32 Å². The van der Waals surface area contributed by atoms with Crippen LogP contribution in [-0.4, -0.2) is 17.7 Å². The van der Waals surface area contributed by atoms with E-state index in [0.717, 1.165) is 19.8 Å². The van der Waals surface area contributed by atoms with Gasteiger partial charge in [-0.1, -0.05) is 31.8 Å². The van der Waals surface area contributed by atoms with E-state index < -0.39 is 52.3 Å². The second-order valence-electron chi connectivity index (χ2n) is 5.94. The molecule has 4 nitrogen and oxygen atoms in total. The fourth-order valence-corrected chi connectivity index (χ4v) is 2.28. The number of nitrogens with zero attached hydrogens (tertiary/aromatic N) is 1. The molecular formula is C17H19F7N2O2. The summed E-state index contributed by atoms with van der Waals surface area (Å²) < 4.78 is 92.4. The van der Waals surface area contributed by atoms with Crippen LogP contribution >= 0.6 is 0 Å². The first-order valence-corrected chi connectivity index (χ1v) is 8.40. The van der Waals surface area contributed by atoms with Gasteiger partial charge < -0.3 is 10.2 Å². The summed E-state index contributed by atoms with van der Waals surface area (Å²) in [5.74, 6) is -11.4. The second kappa shape index (κ2) is 9.74. The first kappa shape index (κ1) is 23.7. The number of halogens is 7. The molecule has 0 bridgehead atoms. The number of oxime groups is 1. The van der Waals surface area contributed by atoms with Crippen molar-refractivity contribution in [1.29, 1.82) is 0 Å². The summed E-state index contributed by atoms with van der Waals surface area (Å²) in [7, 11) is 0. The van der Waals surface area contributed by atoms with Crippen molar-refractivity contribution in [3.63, 3.8) is 0 Å². The third-order valence-corrected chi connectivity index (χ3v) is 3.67. The molecule has 0 aromatic heterocycles. The van der Waals surface area contributed by atoms with Crippen molar-refractivity contribution < 1.29 is 40.4 Å². The molecule has 158 valence electrons. The molecule has 1 rings (SSSR count). The van der Waals surface area contributed by atoms with Gasteiger partial charge in [-0.2, -0.15) is 13.2 Å². The number of hydrogen-bond donors (Lipinski definition) is 1. The van der Waals surface area contributed by atoms with Gasteiger partial charge in [0.25, 0.3) is 5.91 Å². The van der Waals surface area contributed by atoms with Gasteiger partial charge in [-0.3, -0.25) is 4.79 Å². The minimum absolute atomic E-state index is 0.313. The quantitative estimate of drug-likeness (QED) is 0.261. The third kappa shape index (κ3) is 5.59. The van der Waals surface area contributed by atoms with Crippen LogP contribution in [0.1, 0.15) is 52.0 Å².